The SMILES string of the molecule is Cc1cc(C(=O)Nc2ccc(N3CCC(N(C)C)C3)cc2)c(C)n1Cc1cccs1. The number of hydrogen-bond acceptors (Lipinski definition) is 4. The molecule has 5 nitrogen and oxygen atoms in total. The molecule has 0 radical (unpaired) electrons. The molecule has 3 heterocycles. The Morgan fingerprint density at radius 3 is 2.60 bits per heavy atom. The first kappa shape index (κ1) is 20.7. The zero-order chi connectivity index (χ0) is 21.3. The highest BCUT2D eigenvalue weighted by Gasteiger charge is 2.24. The van der Waals surface area contributed by atoms with E-state index in [1.807, 2.05) is 25.1 Å². The maximum absolute atomic E-state index is 12.9. The molecule has 1 aliphatic heterocycles. The van der Waals surface area contributed by atoms with Crippen LogP contribution in [0.1, 0.15) is 33.0 Å². The number of anilines is 2. The van der Waals surface area contributed by atoms with E-state index in [1.165, 1.54) is 17.0 Å². The highest BCUT2D eigenvalue weighted by atomic mass is 32.1. The van der Waals surface area contributed by atoms with Crippen molar-refractivity contribution in [2.24, 2.45) is 0 Å². The van der Waals surface area contributed by atoms with Crippen molar-refractivity contribution in [1.29, 1.82) is 0 Å². The van der Waals surface area contributed by atoms with Crippen LogP contribution in [-0.2, 0) is 6.54 Å². The van der Waals surface area contributed by atoms with Gasteiger partial charge in [-0.3, -0.25) is 4.79 Å². The summed E-state index contributed by atoms with van der Waals surface area (Å²) in [5.74, 6) is -0.0536. The van der Waals surface area contributed by atoms with Crippen LogP contribution in [0.25, 0.3) is 0 Å². The number of nitrogens with one attached hydrogen (secondary N) is 1. The molecule has 1 saturated heterocycles. The van der Waals surface area contributed by atoms with Gasteiger partial charge in [-0.15, -0.1) is 11.3 Å². The third kappa shape index (κ3) is 4.30. The monoisotopic (exact) mass is 422 g/mol. The summed E-state index contributed by atoms with van der Waals surface area (Å²) in [4.78, 5) is 18.9. The van der Waals surface area contributed by atoms with Crippen molar-refractivity contribution in [3.05, 3.63) is 69.7 Å². The Morgan fingerprint density at radius 1 is 1.20 bits per heavy atom. The lowest BCUT2D eigenvalue weighted by Gasteiger charge is -2.22. The van der Waals surface area contributed by atoms with Crippen LogP contribution in [0.2, 0.25) is 0 Å². The molecule has 1 aromatic carbocycles. The van der Waals surface area contributed by atoms with Crippen LogP contribution in [0.3, 0.4) is 0 Å². The second kappa shape index (κ2) is 8.66. The van der Waals surface area contributed by atoms with Gasteiger partial charge in [-0.25, -0.2) is 0 Å². The molecule has 0 saturated carbocycles. The molecule has 0 bridgehead atoms. The van der Waals surface area contributed by atoms with Crippen molar-refractivity contribution in [2.75, 3.05) is 37.4 Å². The molecule has 1 aliphatic rings. The van der Waals surface area contributed by atoms with Crippen LogP contribution >= 0.6 is 11.3 Å². The van der Waals surface area contributed by atoms with Crippen LogP contribution in [-0.4, -0.2) is 48.6 Å². The Morgan fingerprint density at radius 2 is 1.97 bits per heavy atom. The fraction of sp³-hybridized carbons (Fsp3) is 0.375. The lowest BCUT2D eigenvalue weighted by Crippen LogP contribution is -2.31. The number of carbonyl (C=O) groups excluding carboxylic acids is 1. The quantitative estimate of drug-likeness (QED) is 0.631. The Bertz CT molecular complexity index is 1000. The van der Waals surface area contributed by atoms with Crippen LogP contribution < -0.4 is 10.2 Å². The van der Waals surface area contributed by atoms with Crippen LogP contribution in [0.15, 0.2) is 47.8 Å². The fourth-order valence-electron chi connectivity index (χ4n) is 4.18. The molecule has 0 aliphatic carbocycles. The molecule has 0 spiro atoms. The number of benzene rings is 1. The van der Waals surface area contributed by atoms with E-state index in [0.29, 0.717) is 6.04 Å². The molecular weight excluding hydrogens is 392 g/mol. The molecule has 1 N–H and O–H groups in total. The van der Waals surface area contributed by atoms with Gasteiger partial charge in [0.15, 0.2) is 0 Å². The maximum atomic E-state index is 12.9. The highest BCUT2D eigenvalue weighted by molar-refractivity contribution is 7.09. The van der Waals surface area contributed by atoms with Gasteiger partial charge in [0.2, 0.25) is 0 Å². The van der Waals surface area contributed by atoms with Gasteiger partial charge in [0.25, 0.3) is 5.91 Å². The number of rotatable bonds is 6. The predicted octanol–water partition coefficient (Wildman–Crippen LogP) is 4.61. The molecule has 1 fully saturated rings. The van der Waals surface area contributed by atoms with Crippen molar-refractivity contribution in [2.45, 2.75) is 32.9 Å². The highest BCUT2D eigenvalue weighted by Crippen LogP contribution is 2.25. The third-order valence-corrected chi connectivity index (χ3v) is 6.96. The Labute approximate surface area is 182 Å². The van der Waals surface area contributed by atoms with Gasteiger partial charge in [0.1, 0.15) is 0 Å². The topological polar surface area (TPSA) is 40.5 Å². The lowest BCUT2D eigenvalue weighted by atomic mass is 10.2. The van der Waals surface area contributed by atoms with Gasteiger partial charge in [-0.05, 0) is 76.1 Å². The number of nitrogens with zero attached hydrogens (tertiary/aromatic N) is 3. The van der Waals surface area contributed by atoms with E-state index in [1.54, 1.807) is 11.3 Å². The normalized spacial score (nSPS) is 16.4. The summed E-state index contributed by atoms with van der Waals surface area (Å²) in [6.07, 6.45) is 1.19. The zero-order valence-corrected chi connectivity index (χ0v) is 19.0. The van der Waals surface area contributed by atoms with Crippen LogP contribution in [0.5, 0.6) is 0 Å². The van der Waals surface area contributed by atoms with Gasteiger partial charge >= 0.3 is 0 Å². The van der Waals surface area contributed by atoms with E-state index in [0.717, 1.165) is 42.3 Å². The molecule has 1 amide bonds. The molecule has 6 heteroatoms. The minimum absolute atomic E-state index is 0.0536. The minimum Gasteiger partial charge on any atom is -0.370 e. The second-order valence-electron chi connectivity index (χ2n) is 8.30. The van der Waals surface area contributed by atoms with E-state index in [9.17, 15) is 4.79 Å². The summed E-state index contributed by atoms with van der Waals surface area (Å²) in [6, 6.07) is 15.0. The summed E-state index contributed by atoms with van der Waals surface area (Å²) in [6.45, 7) is 7.01. The number of amides is 1. The Kier molecular flexibility index (Phi) is 5.97. The van der Waals surface area contributed by atoms with Gasteiger partial charge < -0.3 is 19.7 Å². The van der Waals surface area contributed by atoms with E-state index in [4.69, 9.17) is 0 Å². The van der Waals surface area contributed by atoms with Crippen molar-refractivity contribution in [3.63, 3.8) is 0 Å². The Balaban J connectivity index is 1.43. The summed E-state index contributed by atoms with van der Waals surface area (Å²) in [5.41, 5.74) is 4.89. The van der Waals surface area contributed by atoms with E-state index in [2.05, 4.69) is 70.3 Å². The van der Waals surface area contributed by atoms with Gasteiger partial charge in [-0.2, -0.15) is 0 Å². The fourth-order valence-corrected chi connectivity index (χ4v) is 4.88. The average Bonchev–Trinajstić information content (AvgIpc) is 3.46. The van der Waals surface area contributed by atoms with Crippen molar-refractivity contribution in [3.8, 4) is 0 Å². The van der Waals surface area contributed by atoms with Gasteiger partial charge in [0, 0.05) is 46.8 Å². The van der Waals surface area contributed by atoms with Crippen LogP contribution in [0, 0.1) is 13.8 Å². The lowest BCUT2D eigenvalue weighted by molar-refractivity contribution is 0.102. The number of carbonyl (C=O) groups is 1. The first-order chi connectivity index (χ1) is 14.4. The Hall–Kier alpha value is -2.57. The molecule has 1 atom stereocenters. The van der Waals surface area contributed by atoms with E-state index < -0.39 is 0 Å². The van der Waals surface area contributed by atoms with Crippen molar-refractivity contribution >= 4 is 28.6 Å². The van der Waals surface area contributed by atoms with Crippen molar-refractivity contribution in [1.82, 2.24) is 9.47 Å². The molecule has 2 aromatic heterocycles. The third-order valence-electron chi connectivity index (χ3n) is 6.10. The van der Waals surface area contributed by atoms with Gasteiger partial charge in [-0.1, -0.05) is 6.07 Å². The van der Waals surface area contributed by atoms with Gasteiger partial charge in [0.05, 0.1) is 12.1 Å². The maximum Gasteiger partial charge on any atom is 0.257 e. The number of likely N-dealkylation sites (N-methyl/N-ethyl adjacent to an activating group) is 1. The number of aryl methyl sites for hydroxylation is 1. The first-order valence-electron chi connectivity index (χ1n) is 10.4. The molecular formula is C24H30N4OS. The minimum atomic E-state index is -0.0536. The number of aromatic nitrogens is 1. The van der Waals surface area contributed by atoms with Crippen molar-refractivity contribution < 1.29 is 4.79 Å². The molecule has 30 heavy (non-hydrogen) atoms. The first-order valence-corrected chi connectivity index (χ1v) is 11.3. The summed E-state index contributed by atoms with van der Waals surface area (Å²) in [7, 11) is 4.29. The molecule has 1 unspecified atom stereocenters. The van der Waals surface area contributed by atoms with E-state index in [-0.39, 0.29) is 5.91 Å². The predicted molar refractivity (Wildman–Crippen MR) is 126 cm³/mol. The second-order valence-corrected chi connectivity index (χ2v) is 9.34. The number of thiophene rings is 1. The smallest absolute Gasteiger partial charge is 0.257 e. The largest absolute Gasteiger partial charge is 0.370 e. The van der Waals surface area contributed by atoms with E-state index >= 15 is 0 Å². The molecule has 3 aromatic rings. The number of hydrogen-bond donors (Lipinski definition) is 1. The summed E-state index contributed by atoms with van der Waals surface area (Å²) >= 11 is 1.74. The molecule has 4 rings (SSSR count). The summed E-state index contributed by atoms with van der Waals surface area (Å²) < 4.78 is 2.21. The summed E-state index contributed by atoms with van der Waals surface area (Å²) in [5, 5.41) is 5.15. The standard InChI is InChI=1S/C24H30N4OS/c1-17-14-23(18(2)28(17)16-22-6-5-13-30-22)24(29)25-19-7-9-20(10-8-19)27-12-11-21(15-27)26(3)4/h5-10,13-14,21H,11-12,15-16H2,1-4H3,(H,25,29). The zero-order valence-electron chi connectivity index (χ0n) is 18.2. The molecule has 158 valence electrons. The van der Waals surface area contributed by atoms with Crippen LogP contribution in [0.4, 0.5) is 11.4 Å². The average molecular weight is 423 g/mol.